The zero-order valence-corrected chi connectivity index (χ0v) is 9.24. The Bertz CT molecular complexity index is 323. The van der Waals surface area contributed by atoms with Gasteiger partial charge in [0.2, 0.25) is 17.7 Å². The molecule has 0 aromatic heterocycles. The molecule has 1 rings (SSSR count). The van der Waals surface area contributed by atoms with Crippen molar-refractivity contribution in [2.24, 2.45) is 11.7 Å². The van der Waals surface area contributed by atoms with Crippen LogP contribution in [-0.2, 0) is 14.4 Å². The summed E-state index contributed by atoms with van der Waals surface area (Å²) >= 11 is 0. The second-order valence-electron chi connectivity index (χ2n) is 4.63. The van der Waals surface area contributed by atoms with Crippen molar-refractivity contribution in [2.45, 2.75) is 39.2 Å². The number of primary amides is 1. The highest BCUT2D eigenvalue weighted by atomic mass is 16.2. The first-order valence-electron chi connectivity index (χ1n) is 4.91. The molecule has 1 heterocycles. The van der Waals surface area contributed by atoms with Crippen LogP contribution in [0.3, 0.4) is 0 Å². The Morgan fingerprint density at radius 3 is 2.40 bits per heavy atom. The second-order valence-corrected chi connectivity index (χ2v) is 4.63. The molecule has 1 atom stereocenters. The molecular weight excluding hydrogens is 196 g/mol. The highest BCUT2D eigenvalue weighted by Gasteiger charge is 2.44. The van der Waals surface area contributed by atoms with Crippen LogP contribution in [0.25, 0.3) is 0 Å². The summed E-state index contributed by atoms with van der Waals surface area (Å²) in [6.07, 6.45) is 0.220. The first-order valence-corrected chi connectivity index (χ1v) is 4.91. The van der Waals surface area contributed by atoms with E-state index in [1.165, 1.54) is 4.90 Å². The van der Waals surface area contributed by atoms with Crippen LogP contribution in [0.2, 0.25) is 0 Å². The minimum absolute atomic E-state index is 0.00278. The highest BCUT2D eigenvalue weighted by Crippen LogP contribution is 2.29. The van der Waals surface area contributed by atoms with Crippen LogP contribution in [0.5, 0.6) is 0 Å². The molecule has 0 saturated carbocycles. The van der Waals surface area contributed by atoms with Crippen LogP contribution >= 0.6 is 0 Å². The van der Waals surface area contributed by atoms with Gasteiger partial charge in [0.25, 0.3) is 0 Å². The molecule has 15 heavy (non-hydrogen) atoms. The largest absolute Gasteiger partial charge is 0.370 e. The number of rotatable bonds is 3. The Morgan fingerprint density at radius 1 is 1.53 bits per heavy atom. The Balaban J connectivity index is 2.91. The van der Waals surface area contributed by atoms with Gasteiger partial charge in [-0.1, -0.05) is 6.92 Å². The first kappa shape index (κ1) is 11.7. The standard InChI is InChI=1S/C10H16N2O3/c1-6-4-8(14)12(9(6)15)10(2,3)5-7(11)13/h6H,4-5H2,1-3H3,(H2,11,13). The summed E-state index contributed by atoms with van der Waals surface area (Å²) in [7, 11) is 0. The molecule has 0 aliphatic carbocycles. The average Bonchev–Trinajstić information content (AvgIpc) is 2.23. The highest BCUT2D eigenvalue weighted by molar-refractivity contribution is 6.04. The van der Waals surface area contributed by atoms with Crippen molar-refractivity contribution in [3.8, 4) is 0 Å². The van der Waals surface area contributed by atoms with Gasteiger partial charge in [-0.25, -0.2) is 0 Å². The van der Waals surface area contributed by atoms with Crippen LogP contribution in [0, 0.1) is 5.92 Å². The van der Waals surface area contributed by atoms with Crippen molar-refractivity contribution in [1.82, 2.24) is 4.90 Å². The second kappa shape index (κ2) is 3.64. The van der Waals surface area contributed by atoms with Gasteiger partial charge in [-0.15, -0.1) is 0 Å². The van der Waals surface area contributed by atoms with E-state index in [-0.39, 0.29) is 30.6 Å². The minimum Gasteiger partial charge on any atom is -0.370 e. The fourth-order valence-corrected chi connectivity index (χ4v) is 1.93. The molecule has 0 bridgehead atoms. The van der Waals surface area contributed by atoms with Crippen molar-refractivity contribution < 1.29 is 14.4 Å². The quantitative estimate of drug-likeness (QED) is 0.670. The maximum atomic E-state index is 11.7. The maximum absolute atomic E-state index is 11.7. The van der Waals surface area contributed by atoms with E-state index in [1.54, 1.807) is 20.8 Å². The van der Waals surface area contributed by atoms with Gasteiger partial charge in [0.05, 0.1) is 5.54 Å². The lowest BCUT2D eigenvalue weighted by molar-refractivity contribution is -0.146. The van der Waals surface area contributed by atoms with Crippen molar-refractivity contribution in [3.05, 3.63) is 0 Å². The molecule has 0 spiro atoms. The summed E-state index contributed by atoms with van der Waals surface area (Å²) in [6, 6.07) is 0. The number of amides is 3. The molecular formula is C10H16N2O3. The van der Waals surface area contributed by atoms with Gasteiger partial charge in [-0.05, 0) is 13.8 Å². The number of nitrogens with two attached hydrogens (primary N) is 1. The van der Waals surface area contributed by atoms with Gasteiger partial charge in [0, 0.05) is 18.8 Å². The average molecular weight is 212 g/mol. The summed E-state index contributed by atoms with van der Waals surface area (Å²) in [5, 5.41) is 0. The molecule has 1 unspecified atom stereocenters. The molecule has 2 N–H and O–H groups in total. The van der Waals surface area contributed by atoms with Crippen LogP contribution in [0.1, 0.15) is 33.6 Å². The lowest BCUT2D eigenvalue weighted by atomic mass is 9.98. The Morgan fingerprint density at radius 2 is 2.07 bits per heavy atom. The number of carbonyl (C=O) groups is 3. The van der Waals surface area contributed by atoms with E-state index in [4.69, 9.17) is 5.73 Å². The number of hydrogen-bond donors (Lipinski definition) is 1. The molecule has 1 fully saturated rings. The monoisotopic (exact) mass is 212 g/mol. The molecule has 0 aromatic carbocycles. The molecule has 3 amide bonds. The number of nitrogens with zero attached hydrogens (tertiary/aromatic N) is 1. The van der Waals surface area contributed by atoms with E-state index >= 15 is 0 Å². The van der Waals surface area contributed by atoms with Crippen LogP contribution < -0.4 is 5.73 Å². The SMILES string of the molecule is CC1CC(=O)N(C(C)(C)CC(N)=O)C1=O. The van der Waals surface area contributed by atoms with Gasteiger partial charge in [-0.2, -0.15) is 0 Å². The number of imide groups is 1. The van der Waals surface area contributed by atoms with Crippen molar-refractivity contribution >= 4 is 17.7 Å². The summed E-state index contributed by atoms with van der Waals surface area (Å²) in [4.78, 5) is 35.3. The third-order valence-electron chi connectivity index (χ3n) is 2.58. The third kappa shape index (κ3) is 2.16. The van der Waals surface area contributed by atoms with E-state index in [9.17, 15) is 14.4 Å². The first-order chi connectivity index (χ1) is 6.75. The molecule has 5 nitrogen and oxygen atoms in total. The van der Waals surface area contributed by atoms with Crippen molar-refractivity contribution in [2.75, 3.05) is 0 Å². The summed E-state index contributed by atoms with van der Waals surface area (Å²) < 4.78 is 0. The van der Waals surface area contributed by atoms with Gasteiger partial charge in [0.15, 0.2) is 0 Å². The Kier molecular flexibility index (Phi) is 2.83. The molecule has 1 saturated heterocycles. The lowest BCUT2D eigenvalue weighted by Crippen LogP contribution is -2.49. The third-order valence-corrected chi connectivity index (χ3v) is 2.58. The van der Waals surface area contributed by atoms with Crippen LogP contribution in [0.4, 0.5) is 0 Å². The van der Waals surface area contributed by atoms with E-state index in [1.807, 2.05) is 0 Å². The van der Waals surface area contributed by atoms with Crippen LogP contribution in [0.15, 0.2) is 0 Å². The van der Waals surface area contributed by atoms with Gasteiger partial charge < -0.3 is 5.73 Å². The van der Waals surface area contributed by atoms with E-state index in [0.717, 1.165) is 0 Å². The number of likely N-dealkylation sites (tertiary alicyclic amines) is 1. The maximum Gasteiger partial charge on any atom is 0.233 e. The Hall–Kier alpha value is -1.39. The minimum atomic E-state index is -0.815. The molecule has 0 aromatic rings. The summed E-state index contributed by atoms with van der Waals surface area (Å²) in [6.45, 7) is 5.05. The molecule has 84 valence electrons. The summed E-state index contributed by atoms with van der Waals surface area (Å²) in [5.41, 5.74) is 4.27. The molecule has 1 aliphatic rings. The Labute approximate surface area is 88.6 Å². The van der Waals surface area contributed by atoms with Crippen LogP contribution in [-0.4, -0.2) is 28.2 Å². The van der Waals surface area contributed by atoms with E-state index in [2.05, 4.69) is 0 Å². The molecule has 5 heteroatoms. The predicted molar refractivity (Wildman–Crippen MR) is 53.5 cm³/mol. The van der Waals surface area contributed by atoms with Crippen molar-refractivity contribution in [1.29, 1.82) is 0 Å². The van der Waals surface area contributed by atoms with Gasteiger partial charge >= 0.3 is 0 Å². The number of carbonyl (C=O) groups excluding carboxylic acids is 3. The summed E-state index contributed by atoms with van der Waals surface area (Å²) in [5.74, 6) is -1.24. The van der Waals surface area contributed by atoms with Gasteiger partial charge in [-0.3, -0.25) is 19.3 Å². The normalized spacial score (nSPS) is 22.3. The smallest absolute Gasteiger partial charge is 0.233 e. The van der Waals surface area contributed by atoms with E-state index < -0.39 is 11.4 Å². The number of hydrogen-bond acceptors (Lipinski definition) is 3. The molecule has 0 radical (unpaired) electrons. The fraction of sp³-hybridized carbons (Fsp3) is 0.700. The van der Waals surface area contributed by atoms with Crippen molar-refractivity contribution in [3.63, 3.8) is 0 Å². The van der Waals surface area contributed by atoms with E-state index in [0.29, 0.717) is 0 Å². The lowest BCUT2D eigenvalue weighted by Gasteiger charge is -2.33. The zero-order chi connectivity index (χ0) is 11.8. The van der Waals surface area contributed by atoms with Gasteiger partial charge in [0.1, 0.15) is 0 Å². The molecule has 1 aliphatic heterocycles. The predicted octanol–water partition coefficient (Wildman–Crippen LogP) is 0.0354. The zero-order valence-electron chi connectivity index (χ0n) is 9.24. The fourth-order valence-electron chi connectivity index (χ4n) is 1.93. The topological polar surface area (TPSA) is 80.5 Å².